The lowest BCUT2D eigenvalue weighted by Crippen LogP contribution is -2.33. The number of H-pyrrole nitrogens is 2. The van der Waals surface area contributed by atoms with Gasteiger partial charge in [-0.1, -0.05) is 12.1 Å². The lowest BCUT2D eigenvalue weighted by molar-refractivity contribution is -0.130. The second kappa shape index (κ2) is 18.5. The minimum Gasteiger partial charge on any atom is -0.446 e. The van der Waals surface area contributed by atoms with Crippen LogP contribution in [0.2, 0.25) is 0 Å². The minimum absolute atomic E-state index is 0.0650. The van der Waals surface area contributed by atoms with Crippen LogP contribution in [0.1, 0.15) is 113 Å². The zero-order chi connectivity index (χ0) is 42.5. The number of amides is 4. The third-order valence-corrected chi connectivity index (χ3v) is 11.6. The molecule has 0 radical (unpaired) electrons. The van der Waals surface area contributed by atoms with Crippen molar-refractivity contribution < 1.29 is 28.7 Å². The van der Waals surface area contributed by atoms with Crippen molar-refractivity contribution >= 4 is 52.7 Å². The van der Waals surface area contributed by atoms with E-state index in [1.165, 1.54) is 11.1 Å². The maximum Gasteiger partial charge on any atom is 0.407 e. The van der Waals surface area contributed by atoms with E-state index in [9.17, 15) is 19.2 Å². The second-order valence-electron chi connectivity index (χ2n) is 17.0. The molecule has 8 rings (SSSR count). The number of nitrogens with zero attached hydrogens (tertiary/aromatic N) is 4. The number of aryl methyl sites for hydroxylation is 1. The van der Waals surface area contributed by atoms with E-state index >= 15 is 0 Å². The molecule has 2 saturated carbocycles. The Kier molecular flexibility index (Phi) is 13.0. The normalized spacial score (nSPS) is 20.9. The van der Waals surface area contributed by atoms with Crippen molar-refractivity contribution in [2.24, 2.45) is 0 Å². The largest absolute Gasteiger partial charge is 0.446 e. The Balaban J connectivity index is 0.000000181. The number of rotatable bonds is 10. The van der Waals surface area contributed by atoms with Gasteiger partial charge >= 0.3 is 12.2 Å². The van der Waals surface area contributed by atoms with E-state index in [2.05, 4.69) is 53.8 Å². The number of carbonyl (C=O) groups excluding carboxylic acids is 4. The molecule has 0 saturated heterocycles. The first-order valence-electron chi connectivity index (χ1n) is 21.1. The van der Waals surface area contributed by atoms with Crippen LogP contribution in [0.15, 0.2) is 48.5 Å². The monoisotopic (exact) mass is 822 g/mol. The summed E-state index contributed by atoms with van der Waals surface area (Å²) in [6, 6.07) is 16.3. The topological polar surface area (TPSA) is 199 Å². The van der Waals surface area contributed by atoms with Crippen molar-refractivity contribution in [3.8, 4) is 0 Å². The molecule has 16 nitrogen and oxygen atoms in total. The fourth-order valence-corrected chi connectivity index (χ4v) is 8.39. The van der Waals surface area contributed by atoms with Crippen molar-refractivity contribution in [2.45, 2.75) is 128 Å². The van der Waals surface area contributed by atoms with Gasteiger partial charge < -0.3 is 40.5 Å². The number of carbonyl (C=O) groups is 4. The van der Waals surface area contributed by atoms with Crippen LogP contribution in [-0.2, 0) is 38.4 Å². The van der Waals surface area contributed by atoms with Gasteiger partial charge in [-0.05, 0) is 114 Å². The van der Waals surface area contributed by atoms with E-state index in [0.29, 0.717) is 25.3 Å². The number of alkyl carbamates (subject to hydrolysis) is 2. The summed E-state index contributed by atoms with van der Waals surface area (Å²) in [5, 5.41) is 27.2. The summed E-state index contributed by atoms with van der Waals surface area (Å²) in [7, 11) is 3.65. The summed E-state index contributed by atoms with van der Waals surface area (Å²) in [5.41, 5.74) is 8.28. The van der Waals surface area contributed by atoms with Crippen LogP contribution in [0, 0.1) is 0 Å². The second-order valence-corrected chi connectivity index (χ2v) is 17.0. The molecule has 2 aliphatic carbocycles. The van der Waals surface area contributed by atoms with Crippen molar-refractivity contribution in [3.05, 3.63) is 76.6 Å². The molecule has 2 aromatic heterocycles. The lowest BCUT2D eigenvalue weighted by Gasteiger charge is -2.26. The first kappa shape index (κ1) is 42.1. The molecule has 60 heavy (non-hydrogen) atoms. The molecule has 2 aromatic carbocycles. The van der Waals surface area contributed by atoms with Gasteiger partial charge in [0.05, 0.1) is 6.42 Å². The molecular weight excluding hydrogens is 765 g/mol. The maximum absolute atomic E-state index is 12.0. The van der Waals surface area contributed by atoms with E-state index < -0.39 is 0 Å². The summed E-state index contributed by atoms with van der Waals surface area (Å²) >= 11 is 0. The van der Waals surface area contributed by atoms with Gasteiger partial charge in [-0.15, -0.1) is 0 Å². The molecule has 0 unspecified atom stereocenters. The van der Waals surface area contributed by atoms with E-state index in [1.54, 1.807) is 9.80 Å². The first-order chi connectivity index (χ1) is 28.8. The van der Waals surface area contributed by atoms with Crippen LogP contribution in [0.5, 0.6) is 0 Å². The molecule has 2 aliphatic heterocycles. The highest BCUT2D eigenvalue weighted by molar-refractivity contribution is 5.96. The van der Waals surface area contributed by atoms with Gasteiger partial charge in [-0.3, -0.25) is 19.8 Å². The highest BCUT2D eigenvalue weighted by Crippen LogP contribution is 2.38. The Morgan fingerprint density at radius 3 is 1.77 bits per heavy atom. The average Bonchev–Trinajstić information content (AvgIpc) is 4.03. The number of hydrogen-bond donors (Lipinski definition) is 6. The number of nitrogens with one attached hydrogen (secondary N) is 6. The van der Waals surface area contributed by atoms with Gasteiger partial charge in [-0.25, -0.2) is 9.59 Å². The van der Waals surface area contributed by atoms with E-state index in [4.69, 9.17) is 9.47 Å². The van der Waals surface area contributed by atoms with E-state index in [1.807, 2.05) is 78.2 Å². The molecule has 4 aliphatic rings. The molecule has 16 heteroatoms. The number of hydrogen-bond acceptors (Lipinski definition) is 10. The number of likely N-dealkylation sites (N-methyl/N-ethyl adjacent to an activating group) is 1. The van der Waals surface area contributed by atoms with Gasteiger partial charge in [0.25, 0.3) is 0 Å². The number of fused-ring (bicyclic) bond motifs is 2. The first-order valence-corrected chi connectivity index (χ1v) is 21.1. The van der Waals surface area contributed by atoms with E-state index in [0.717, 1.165) is 90.6 Å². The Morgan fingerprint density at radius 1 is 0.683 bits per heavy atom. The van der Waals surface area contributed by atoms with Crippen LogP contribution < -0.4 is 26.2 Å². The van der Waals surface area contributed by atoms with Crippen molar-refractivity contribution in [1.29, 1.82) is 0 Å². The van der Waals surface area contributed by atoms with Gasteiger partial charge in [-0.2, -0.15) is 10.2 Å². The van der Waals surface area contributed by atoms with Gasteiger partial charge in [0, 0.05) is 91.6 Å². The van der Waals surface area contributed by atoms with E-state index in [-0.39, 0.29) is 54.2 Å². The summed E-state index contributed by atoms with van der Waals surface area (Å²) in [5.74, 6) is 2.34. The van der Waals surface area contributed by atoms with Crippen molar-refractivity contribution in [2.75, 3.05) is 29.6 Å². The number of anilines is 5. The van der Waals surface area contributed by atoms with Gasteiger partial charge in [0.15, 0.2) is 11.6 Å². The summed E-state index contributed by atoms with van der Waals surface area (Å²) in [4.78, 5) is 51.0. The Morgan fingerprint density at radius 2 is 1.22 bits per heavy atom. The van der Waals surface area contributed by atoms with Crippen molar-refractivity contribution in [1.82, 2.24) is 35.9 Å². The number of ether oxygens (including phenoxy) is 2. The zero-order valence-electron chi connectivity index (χ0n) is 35.4. The van der Waals surface area contributed by atoms with Crippen LogP contribution in [0.25, 0.3) is 0 Å². The van der Waals surface area contributed by atoms with Crippen LogP contribution in [0.4, 0.5) is 38.3 Å². The minimum atomic E-state index is -0.349. The number of aromatic nitrogens is 4. The molecule has 320 valence electrons. The standard InChI is InChI=1S/2C22H29N5O3/c1-13(2)23-22(29)30-17-8-5-15(10-17)18-12-20(26-25-18)24-16-7-4-14-6-9-21(28)27(3)19(14)11-16;1-13(2)23-22(29)30-18-7-5-14(9-18)19-11-20(26-25-19)24-17-6-4-15-12-27(3)21(28)10-16(15)8-17/h4,7,11-13,15,17H,5-6,8-10H2,1-3H3,(H,23,29)(H2,24,25,26);4,6,8,11,13-14,18H,5,7,9-10,12H2,1-3H3,(H,23,29)(H2,24,25,26)/t15-,17+;14-,18+/m00/s1. The Hall–Kier alpha value is -6.06. The highest BCUT2D eigenvalue weighted by atomic mass is 16.6. The third-order valence-electron chi connectivity index (χ3n) is 11.6. The molecule has 2 fully saturated rings. The quantitative estimate of drug-likeness (QED) is 0.0946. The molecule has 4 aromatic rings. The molecule has 0 spiro atoms. The highest BCUT2D eigenvalue weighted by Gasteiger charge is 2.32. The SMILES string of the molecule is CC(C)NC(=O)O[C@@H]1CC[C@H](c2cc(Nc3ccc4c(c3)CC(=O)N(C)C4)n[nH]2)C1.CC(C)NC(=O)O[C@@H]1CC[C@H](c2cc(Nc3ccc4c(c3)N(C)C(=O)CC4)n[nH]2)C1. The fraction of sp³-hybridized carbons (Fsp3) is 0.500. The lowest BCUT2D eigenvalue weighted by atomic mass is 9.99. The molecule has 4 amide bonds. The van der Waals surface area contributed by atoms with Crippen LogP contribution in [-0.4, -0.2) is 87.7 Å². The average molecular weight is 823 g/mol. The smallest absolute Gasteiger partial charge is 0.407 e. The third kappa shape index (κ3) is 10.6. The molecule has 0 bridgehead atoms. The van der Waals surface area contributed by atoms with Gasteiger partial charge in [0.1, 0.15) is 12.2 Å². The molecular formula is C44H58N10O6. The molecule has 6 N–H and O–H groups in total. The summed E-state index contributed by atoms with van der Waals surface area (Å²) in [6.45, 7) is 8.31. The molecule has 4 heterocycles. The number of benzene rings is 2. The Bertz CT molecular complexity index is 2180. The summed E-state index contributed by atoms with van der Waals surface area (Å²) < 4.78 is 11.0. The Labute approximate surface area is 350 Å². The predicted molar refractivity (Wildman–Crippen MR) is 229 cm³/mol. The van der Waals surface area contributed by atoms with Crippen molar-refractivity contribution in [3.63, 3.8) is 0 Å². The molecule has 4 atom stereocenters. The fourth-order valence-electron chi connectivity index (χ4n) is 8.39. The maximum atomic E-state index is 12.0. The predicted octanol–water partition coefficient (Wildman–Crippen LogP) is 7.27. The zero-order valence-corrected chi connectivity index (χ0v) is 35.4. The van der Waals surface area contributed by atoms with Gasteiger partial charge in [0.2, 0.25) is 11.8 Å². The summed E-state index contributed by atoms with van der Waals surface area (Å²) in [6.07, 6.45) is 6.14. The van der Waals surface area contributed by atoms with Crippen LogP contribution >= 0.6 is 0 Å². The van der Waals surface area contributed by atoms with Crippen LogP contribution in [0.3, 0.4) is 0 Å². The number of aromatic amines is 2.